The quantitative estimate of drug-likeness (QED) is 0.898. The Morgan fingerprint density at radius 1 is 1.12 bits per heavy atom. The van der Waals surface area contributed by atoms with Crippen LogP contribution >= 0.6 is 0 Å². The van der Waals surface area contributed by atoms with Gasteiger partial charge < -0.3 is 5.32 Å². The van der Waals surface area contributed by atoms with Gasteiger partial charge >= 0.3 is 12.2 Å². The summed E-state index contributed by atoms with van der Waals surface area (Å²) in [5, 5.41) is 12.8. The molecule has 5 nitrogen and oxygen atoms in total. The molecule has 1 heterocycles. The summed E-state index contributed by atoms with van der Waals surface area (Å²) in [7, 11) is 0. The second-order valence-corrected chi connectivity index (χ2v) is 5.65. The summed E-state index contributed by atoms with van der Waals surface area (Å²) in [5.41, 5.74) is 1.56. The first-order valence-corrected chi connectivity index (χ1v) is 7.44. The molecule has 8 heteroatoms. The predicted octanol–water partition coefficient (Wildman–Crippen LogP) is 3.46. The van der Waals surface area contributed by atoms with Gasteiger partial charge in [-0.2, -0.15) is 13.2 Å². The Bertz CT molecular complexity index is 704. The number of urea groups is 1. The normalized spacial score (nSPS) is 19.6. The van der Waals surface area contributed by atoms with Crippen LogP contribution in [0.25, 0.3) is 11.3 Å². The third-order valence-corrected chi connectivity index (χ3v) is 3.84. The maximum Gasteiger partial charge on any atom is 0.392 e. The van der Waals surface area contributed by atoms with Crippen LogP contribution < -0.4 is 10.6 Å². The fourth-order valence-corrected chi connectivity index (χ4v) is 2.42. The molecule has 0 bridgehead atoms. The largest absolute Gasteiger partial charge is 0.392 e. The van der Waals surface area contributed by atoms with E-state index in [0.717, 1.165) is 5.56 Å². The molecular formula is C16H15F3N4O. The lowest BCUT2D eigenvalue weighted by Gasteiger charge is -2.08. The second kappa shape index (κ2) is 6.46. The number of rotatable bonds is 4. The average molecular weight is 336 g/mol. The summed E-state index contributed by atoms with van der Waals surface area (Å²) in [6, 6.07) is 12.1. The molecular weight excluding hydrogens is 321 g/mol. The molecule has 1 aromatic carbocycles. The molecule has 1 aliphatic carbocycles. The predicted molar refractivity (Wildman–Crippen MR) is 82.1 cm³/mol. The van der Waals surface area contributed by atoms with E-state index in [9.17, 15) is 18.0 Å². The number of carbonyl (C=O) groups excluding carboxylic acids is 1. The Morgan fingerprint density at radius 2 is 1.88 bits per heavy atom. The third-order valence-electron chi connectivity index (χ3n) is 3.84. The second-order valence-electron chi connectivity index (χ2n) is 5.65. The lowest BCUT2D eigenvalue weighted by Crippen LogP contribution is -2.31. The number of anilines is 1. The molecule has 1 saturated carbocycles. The zero-order valence-corrected chi connectivity index (χ0v) is 12.5. The number of nitrogens with one attached hydrogen (secondary N) is 2. The van der Waals surface area contributed by atoms with E-state index >= 15 is 0 Å². The first-order valence-electron chi connectivity index (χ1n) is 7.44. The summed E-state index contributed by atoms with van der Waals surface area (Å²) in [6.45, 7) is -0.00840. The molecule has 0 aliphatic heterocycles. The topological polar surface area (TPSA) is 66.9 Å². The van der Waals surface area contributed by atoms with E-state index < -0.39 is 24.0 Å². The standard InChI is InChI=1S/C16H15F3N4O/c17-16(18,19)12-8-11(12)9-20-15(24)21-14-7-6-13(22-23-14)10-4-2-1-3-5-10/h1-7,11-12H,8-9H2,(H2,20,21,23,24)/t11-,12+/m0/s1. The van der Waals surface area contributed by atoms with Crippen molar-refractivity contribution in [3.63, 3.8) is 0 Å². The highest BCUT2D eigenvalue weighted by molar-refractivity contribution is 5.88. The van der Waals surface area contributed by atoms with Crippen molar-refractivity contribution in [2.24, 2.45) is 11.8 Å². The van der Waals surface area contributed by atoms with Gasteiger partial charge in [-0.05, 0) is 24.5 Å². The van der Waals surface area contributed by atoms with Gasteiger partial charge in [-0.3, -0.25) is 5.32 Å². The highest BCUT2D eigenvalue weighted by Crippen LogP contribution is 2.49. The molecule has 1 aromatic heterocycles. The van der Waals surface area contributed by atoms with E-state index in [4.69, 9.17) is 0 Å². The first kappa shape index (κ1) is 16.2. The van der Waals surface area contributed by atoms with Gasteiger partial charge in [-0.25, -0.2) is 4.79 Å². The number of benzene rings is 1. The number of nitrogens with zero attached hydrogens (tertiary/aromatic N) is 2. The Kier molecular flexibility index (Phi) is 4.37. The van der Waals surface area contributed by atoms with Crippen molar-refractivity contribution in [2.75, 3.05) is 11.9 Å². The summed E-state index contributed by atoms with van der Waals surface area (Å²) >= 11 is 0. The SMILES string of the molecule is O=C(NC[C@@H]1C[C@H]1C(F)(F)F)Nc1ccc(-c2ccccc2)nn1. The van der Waals surface area contributed by atoms with Crippen molar-refractivity contribution in [2.45, 2.75) is 12.6 Å². The molecule has 2 atom stereocenters. The summed E-state index contributed by atoms with van der Waals surface area (Å²) < 4.78 is 37.2. The van der Waals surface area contributed by atoms with Gasteiger partial charge in [-0.15, -0.1) is 10.2 Å². The summed E-state index contributed by atoms with van der Waals surface area (Å²) in [6.07, 6.45) is -4.11. The van der Waals surface area contributed by atoms with Crippen LogP contribution in [0.1, 0.15) is 6.42 Å². The minimum absolute atomic E-state index is 0.00840. The van der Waals surface area contributed by atoms with Crippen molar-refractivity contribution in [3.05, 3.63) is 42.5 Å². The van der Waals surface area contributed by atoms with Crippen LogP contribution in [0.15, 0.2) is 42.5 Å². The first-order chi connectivity index (χ1) is 11.4. The number of aromatic nitrogens is 2. The van der Waals surface area contributed by atoms with Crippen molar-refractivity contribution < 1.29 is 18.0 Å². The minimum atomic E-state index is -4.18. The van der Waals surface area contributed by atoms with Gasteiger partial charge in [0, 0.05) is 12.1 Å². The molecule has 0 spiro atoms. The average Bonchev–Trinajstić information content (AvgIpc) is 3.35. The van der Waals surface area contributed by atoms with Gasteiger partial charge in [0.05, 0.1) is 11.6 Å². The smallest absolute Gasteiger partial charge is 0.338 e. The number of hydrogen-bond donors (Lipinski definition) is 2. The van der Waals surface area contributed by atoms with E-state index in [1.807, 2.05) is 30.3 Å². The van der Waals surface area contributed by atoms with Crippen molar-refractivity contribution in [1.82, 2.24) is 15.5 Å². The molecule has 2 aromatic rings. The number of carbonyl (C=O) groups is 1. The maximum atomic E-state index is 12.4. The van der Waals surface area contributed by atoms with Crippen LogP contribution in [0, 0.1) is 11.8 Å². The lowest BCUT2D eigenvalue weighted by atomic mass is 10.1. The van der Waals surface area contributed by atoms with Gasteiger partial charge in [0.2, 0.25) is 0 Å². The molecule has 1 fully saturated rings. The molecule has 2 N–H and O–H groups in total. The summed E-state index contributed by atoms with van der Waals surface area (Å²) in [4.78, 5) is 11.7. The van der Waals surface area contributed by atoms with Gasteiger partial charge in [0.1, 0.15) is 0 Å². The number of halogens is 3. The highest BCUT2D eigenvalue weighted by Gasteiger charge is 2.55. The van der Waals surface area contributed by atoms with Crippen molar-refractivity contribution >= 4 is 11.8 Å². The molecule has 0 saturated heterocycles. The van der Waals surface area contributed by atoms with Gasteiger partial charge in [0.25, 0.3) is 0 Å². The third kappa shape index (κ3) is 4.01. The number of hydrogen-bond acceptors (Lipinski definition) is 3. The van der Waals surface area contributed by atoms with Crippen molar-refractivity contribution in [1.29, 1.82) is 0 Å². The van der Waals surface area contributed by atoms with Crippen molar-refractivity contribution in [3.8, 4) is 11.3 Å². The van der Waals surface area contributed by atoms with Crippen LogP contribution in [0.5, 0.6) is 0 Å². The van der Waals surface area contributed by atoms with Crippen LogP contribution in [-0.4, -0.2) is 28.9 Å². The Morgan fingerprint density at radius 3 is 2.46 bits per heavy atom. The van der Waals surface area contributed by atoms with E-state index in [1.165, 1.54) is 0 Å². The van der Waals surface area contributed by atoms with Crippen LogP contribution in [0.2, 0.25) is 0 Å². The van der Waals surface area contributed by atoms with E-state index in [0.29, 0.717) is 5.69 Å². The van der Waals surface area contributed by atoms with E-state index in [-0.39, 0.29) is 18.8 Å². The maximum absolute atomic E-state index is 12.4. The molecule has 0 unspecified atom stereocenters. The van der Waals surface area contributed by atoms with Gasteiger partial charge in [-0.1, -0.05) is 30.3 Å². The highest BCUT2D eigenvalue weighted by atomic mass is 19.4. The molecule has 2 amide bonds. The van der Waals surface area contributed by atoms with E-state index in [1.54, 1.807) is 12.1 Å². The fraction of sp³-hybridized carbons (Fsp3) is 0.312. The lowest BCUT2D eigenvalue weighted by molar-refractivity contribution is -0.150. The van der Waals surface area contributed by atoms with E-state index in [2.05, 4.69) is 20.8 Å². The zero-order valence-electron chi connectivity index (χ0n) is 12.5. The summed E-state index contributed by atoms with van der Waals surface area (Å²) in [5.74, 6) is -1.61. The monoisotopic (exact) mass is 336 g/mol. The van der Waals surface area contributed by atoms with Crippen LogP contribution in [0.3, 0.4) is 0 Å². The molecule has 1 aliphatic rings. The molecule has 126 valence electrons. The molecule has 0 radical (unpaired) electrons. The Labute approximate surface area is 136 Å². The van der Waals surface area contributed by atoms with Gasteiger partial charge in [0.15, 0.2) is 5.82 Å². The fourth-order valence-electron chi connectivity index (χ4n) is 2.42. The zero-order chi connectivity index (χ0) is 17.2. The Hall–Kier alpha value is -2.64. The Balaban J connectivity index is 1.49. The number of alkyl halides is 3. The van der Waals surface area contributed by atoms with Crippen LogP contribution in [0.4, 0.5) is 23.8 Å². The van der Waals surface area contributed by atoms with Crippen LogP contribution in [-0.2, 0) is 0 Å². The molecule has 24 heavy (non-hydrogen) atoms. The number of amides is 2. The minimum Gasteiger partial charge on any atom is -0.338 e. The molecule has 3 rings (SSSR count).